The summed E-state index contributed by atoms with van der Waals surface area (Å²) in [6.45, 7) is 1.11. The Bertz CT molecular complexity index is 687. The Morgan fingerprint density at radius 2 is 1.96 bits per heavy atom. The average Bonchev–Trinajstić information content (AvgIpc) is 2.51. The standard InChI is InChI=1S/C14H18FN3O4S/c1-23(21,22)18(13-4-2-3-12(15)9-13)10-14(20)17-7-5-16(11-19)6-8-17/h2-4,9,11H,5-8,10H2,1H3. The first-order chi connectivity index (χ1) is 10.8. The summed E-state index contributed by atoms with van der Waals surface area (Å²) in [5.41, 5.74) is 0.104. The fourth-order valence-corrected chi connectivity index (χ4v) is 3.17. The van der Waals surface area contributed by atoms with Crippen molar-refractivity contribution in [1.82, 2.24) is 9.80 Å². The normalized spacial score (nSPS) is 15.4. The summed E-state index contributed by atoms with van der Waals surface area (Å²) in [6.07, 6.45) is 1.69. The largest absolute Gasteiger partial charge is 0.342 e. The van der Waals surface area contributed by atoms with Crippen LogP contribution in [0, 0.1) is 5.82 Å². The topological polar surface area (TPSA) is 78.0 Å². The zero-order valence-electron chi connectivity index (χ0n) is 12.7. The van der Waals surface area contributed by atoms with E-state index in [0.29, 0.717) is 26.2 Å². The minimum Gasteiger partial charge on any atom is -0.342 e. The van der Waals surface area contributed by atoms with Gasteiger partial charge in [-0.15, -0.1) is 0 Å². The molecular weight excluding hydrogens is 325 g/mol. The number of carbonyl (C=O) groups is 2. The summed E-state index contributed by atoms with van der Waals surface area (Å²) >= 11 is 0. The number of sulfonamides is 1. The van der Waals surface area contributed by atoms with Crippen LogP contribution in [0.1, 0.15) is 0 Å². The lowest BCUT2D eigenvalue weighted by Gasteiger charge is -2.34. The Balaban J connectivity index is 2.13. The van der Waals surface area contributed by atoms with Crippen LogP contribution in [0.4, 0.5) is 10.1 Å². The summed E-state index contributed by atoms with van der Waals surface area (Å²) in [6, 6.07) is 5.08. The number of amides is 2. The molecule has 7 nitrogen and oxygen atoms in total. The van der Waals surface area contributed by atoms with Crippen molar-refractivity contribution in [3.05, 3.63) is 30.1 Å². The molecule has 1 aliphatic rings. The maximum absolute atomic E-state index is 13.3. The highest BCUT2D eigenvalue weighted by atomic mass is 32.2. The Kier molecular flexibility index (Phi) is 5.19. The number of piperazine rings is 1. The zero-order chi connectivity index (χ0) is 17.0. The van der Waals surface area contributed by atoms with Crippen LogP contribution in [0.2, 0.25) is 0 Å². The molecule has 1 heterocycles. The fourth-order valence-electron chi connectivity index (χ4n) is 2.33. The van der Waals surface area contributed by atoms with Crippen LogP contribution in [0.15, 0.2) is 24.3 Å². The third kappa shape index (κ3) is 4.41. The maximum Gasteiger partial charge on any atom is 0.243 e. The monoisotopic (exact) mass is 343 g/mol. The van der Waals surface area contributed by atoms with Crippen LogP contribution in [0.25, 0.3) is 0 Å². The quantitative estimate of drug-likeness (QED) is 0.699. The predicted octanol–water partition coefficient (Wildman–Crippen LogP) is -0.108. The van der Waals surface area contributed by atoms with Gasteiger partial charge in [0.2, 0.25) is 22.3 Å². The van der Waals surface area contributed by atoms with Crippen molar-refractivity contribution in [2.24, 2.45) is 0 Å². The highest BCUT2D eigenvalue weighted by Gasteiger charge is 2.26. The number of halogens is 1. The average molecular weight is 343 g/mol. The minimum absolute atomic E-state index is 0.104. The van der Waals surface area contributed by atoms with E-state index >= 15 is 0 Å². The van der Waals surface area contributed by atoms with E-state index < -0.39 is 22.4 Å². The van der Waals surface area contributed by atoms with Gasteiger partial charge in [-0.2, -0.15) is 0 Å². The Morgan fingerprint density at radius 3 is 2.48 bits per heavy atom. The molecule has 2 amide bonds. The summed E-state index contributed by atoms with van der Waals surface area (Å²) < 4.78 is 38.1. The Hall–Kier alpha value is -2.16. The molecule has 1 aromatic carbocycles. The van der Waals surface area contributed by atoms with E-state index in [2.05, 4.69) is 0 Å². The molecule has 23 heavy (non-hydrogen) atoms. The van der Waals surface area contributed by atoms with Crippen LogP contribution < -0.4 is 4.31 Å². The van der Waals surface area contributed by atoms with Crippen molar-refractivity contribution in [2.75, 3.05) is 43.3 Å². The molecule has 0 N–H and O–H groups in total. The molecule has 0 atom stereocenters. The van der Waals surface area contributed by atoms with Crippen LogP contribution in [0.3, 0.4) is 0 Å². The molecule has 0 radical (unpaired) electrons. The van der Waals surface area contributed by atoms with E-state index in [0.717, 1.165) is 23.0 Å². The van der Waals surface area contributed by atoms with Crippen LogP contribution in [-0.4, -0.2) is 69.5 Å². The summed E-state index contributed by atoms with van der Waals surface area (Å²) in [5, 5.41) is 0. The molecule has 0 spiro atoms. The first kappa shape index (κ1) is 17.2. The second-order valence-corrected chi connectivity index (χ2v) is 7.18. The number of hydrogen-bond donors (Lipinski definition) is 0. The maximum atomic E-state index is 13.3. The predicted molar refractivity (Wildman–Crippen MR) is 82.8 cm³/mol. The van der Waals surface area contributed by atoms with Gasteiger partial charge in [-0.1, -0.05) is 6.07 Å². The molecule has 1 aliphatic heterocycles. The molecule has 1 aromatic rings. The second kappa shape index (κ2) is 6.95. The molecule has 1 fully saturated rings. The van der Waals surface area contributed by atoms with Gasteiger partial charge in [-0.3, -0.25) is 13.9 Å². The van der Waals surface area contributed by atoms with Gasteiger partial charge in [-0.05, 0) is 18.2 Å². The van der Waals surface area contributed by atoms with Gasteiger partial charge in [0.05, 0.1) is 11.9 Å². The SMILES string of the molecule is CS(=O)(=O)N(CC(=O)N1CCN(C=O)CC1)c1cccc(F)c1. The van der Waals surface area contributed by atoms with E-state index in [9.17, 15) is 22.4 Å². The van der Waals surface area contributed by atoms with Crippen molar-refractivity contribution in [3.8, 4) is 0 Å². The van der Waals surface area contributed by atoms with Crippen molar-refractivity contribution in [1.29, 1.82) is 0 Å². The van der Waals surface area contributed by atoms with E-state index in [1.54, 1.807) is 4.90 Å². The lowest BCUT2D eigenvalue weighted by molar-refractivity contribution is -0.133. The molecule has 0 bridgehead atoms. The number of carbonyl (C=O) groups excluding carboxylic acids is 2. The number of anilines is 1. The Labute approximate surface area is 134 Å². The van der Waals surface area contributed by atoms with E-state index in [1.807, 2.05) is 0 Å². The fraction of sp³-hybridized carbons (Fsp3) is 0.429. The third-order valence-electron chi connectivity index (χ3n) is 3.59. The van der Waals surface area contributed by atoms with E-state index in [-0.39, 0.29) is 11.6 Å². The van der Waals surface area contributed by atoms with Gasteiger partial charge < -0.3 is 9.80 Å². The number of rotatable bonds is 5. The van der Waals surface area contributed by atoms with Crippen molar-refractivity contribution >= 4 is 28.0 Å². The van der Waals surface area contributed by atoms with Crippen LogP contribution in [-0.2, 0) is 19.6 Å². The highest BCUT2D eigenvalue weighted by molar-refractivity contribution is 7.92. The molecule has 1 saturated heterocycles. The van der Waals surface area contributed by atoms with Gasteiger partial charge in [0.25, 0.3) is 0 Å². The van der Waals surface area contributed by atoms with Crippen molar-refractivity contribution in [3.63, 3.8) is 0 Å². The lowest BCUT2D eigenvalue weighted by Crippen LogP contribution is -2.51. The van der Waals surface area contributed by atoms with E-state index in [1.165, 1.54) is 23.1 Å². The molecule has 126 valence electrons. The van der Waals surface area contributed by atoms with E-state index in [4.69, 9.17) is 0 Å². The minimum atomic E-state index is -3.73. The second-order valence-electron chi connectivity index (χ2n) is 5.27. The van der Waals surface area contributed by atoms with Crippen LogP contribution >= 0.6 is 0 Å². The van der Waals surface area contributed by atoms with Crippen LogP contribution in [0.5, 0.6) is 0 Å². The summed E-state index contributed by atoms with van der Waals surface area (Å²) in [5.74, 6) is -0.964. The molecule has 0 aliphatic carbocycles. The van der Waals surface area contributed by atoms with Gasteiger partial charge in [0.15, 0.2) is 0 Å². The van der Waals surface area contributed by atoms with Gasteiger partial charge in [0, 0.05) is 26.2 Å². The van der Waals surface area contributed by atoms with Gasteiger partial charge in [0.1, 0.15) is 12.4 Å². The zero-order valence-corrected chi connectivity index (χ0v) is 13.5. The summed E-state index contributed by atoms with van der Waals surface area (Å²) in [4.78, 5) is 26.0. The molecule has 2 rings (SSSR count). The Morgan fingerprint density at radius 1 is 1.30 bits per heavy atom. The van der Waals surface area contributed by atoms with Gasteiger partial charge in [-0.25, -0.2) is 12.8 Å². The molecule has 0 saturated carbocycles. The smallest absolute Gasteiger partial charge is 0.243 e. The molecule has 9 heteroatoms. The molecule has 0 unspecified atom stereocenters. The molecular formula is C14H18FN3O4S. The first-order valence-electron chi connectivity index (χ1n) is 7.01. The number of benzene rings is 1. The summed E-state index contributed by atoms with van der Waals surface area (Å²) in [7, 11) is -3.73. The highest BCUT2D eigenvalue weighted by Crippen LogP contribution is 2.19. The van der Waals surface area contributed by atoms with Crippen molar-refractivity contribution < 1.29 is 22.4 Å². The first-order valence-corrected chi connectivity index (χ1v) is 8.86. The number of nitrogens with zero attached hydrogens (tertiary/aromatic N) is 3. The van der Waals surface area contributed by atoms with Crippen molar-refractivity contribution in [2.45, 2.75) is 0 Å². The molecule has 0 aromatic heterocycles. The third-order valence-corrected chi connectivity index (χ3v) is 4.73. The lowest BCUT2D eigenvalue weighted by atomic mass is 10.3. The number of hydrogen-bond acceptors (Lipinski definition) is 4. The van der Waals surface area contributed by atoms with Gasteiger partial charge >= 0.3 is 0 Å².